The highest BCUT2D eigenvalue weighted by Crippen LogP contribution is 2.30. The van der Waals surface area contributed by atoms with Gasteiger partial charge in [-0.05, 0) is 23.7 Å². The Hall–Kier alpha value is -2.29. The lowest BCUT2D eigenvalue weighted by molar-refractivity contribution is -0.137. The van der Waals surface area contributed by atoms with Crippen LogP contribution in [0.25, 0.3) is 23.0 Å². The lowest BCUT2D eigenvalue weighted by atomic mass is 10.1. The fourth-order valence-electron chi connectivity index (χ4n) is 1.51. The monoisotopic (exact) mass is 298 g/mol. The topological polar surface area (TPSA) is 64.7 Å². The van der Waals surface area contributed by atoms with Gasteiger partial charge in [0.1, 0.15) is 0 Å². The molecule has 1 aromatic carbocycles. The maximum absolute atomic E-state index is 12.4. The molecule has 0 spiro atoms. The Labute approximate surface area is 114 Å². The third-order valence-electron chi connectivity index (χ3n) is 2.48. The van der Waals surface area contributed by atoms with Crippen LogP contribution in [0.3, 0.4) is 0 Å². The maximum Gasteiger partial charge on any atom is 0.416 e. The first-order chi connectivity index (χ1) is 9.54. The third-order valence-corrected chi connectivity index (χ3v) is 2.98. The van der Waals surface area contributed by atoms with Gasteiger partial charge in [0.25, 0.3) is 5.89 Å². The maximum atomic E-state index is 12.4. The molecule has 0 bridgehead atoms. The van der Waals surface area contributed by atoms with Gasteiger partial charge in [0.05, 0.1) is 5.56 Å². The molecule has 0 atom stereocenters. The van der Waals surface area contributed by atoms with E-state index < -0.39 is 11.7 Å². The Bertz CT molecular complexity index is 706. The smallest absolute Gasteiger partial charge is 0.332 e. The minimum absolute atomic E-state index is 0.175. The zero-order chi connectivity index (χ0) is 14.2. The number of alkyl halides is 3. The molecule has 9 heteroatoms. The van der Waals surface area contributed by atoms with Gasteiger partial charge in [-0.3, -0.25) is 0 Å². The van der Waals surface area contributed by atoms with E-state index >= 15 is 0 Å². The summed E-state index contributed by atoms with van der Waals surface area (Å²) in [5, 5.41) is 9.10. The quantitative estimate of drug-likeness (QED) is 0.726. The summed E-state index contributed by atoms with van der Waals surface area (Å²) in [5.41, 5.74) is 0.130. The Kier molecular flexibility index (Phi) is 2.97. The van der Waals surface area contributed by atoms with Crippen molar-refractivity contribution in [3.8, 4) is 23.0 Å². The molecule has 3 rings (SSSR count). The van der Waals surface area contributed by atoms with Crippen LogP contribution in [0.1, 0.15) is 5.56 Å². The van der Waals surface area contributed by atoms with E-state index in [-0.39, 0.29) is 11.7 Å². The summed E-state index contributed by atoms with van der Waals surface area (Å²) in [6, 6.07) is 4.51. The van der Waals surface area contributed by atoms with Gasteiger partial charge in [-0.2, -0.15) is 18.2 Å². The van der Waals surface area contributed by atoms with Crippen LogP contribution in [0, 0.1) is 0 Å². The summed E-state index contributed by atoms with van der Waals surface area (Å²) in [7, 11) is 0. The second kappa shape index (κ2) is 4.67. The summed E-state index contributed by atoms with van der Waals surface area (Å²) in [6.45, 7) is 0. The van der Waals surface area contributed by atoms with Gasteiger partial charge in [0.15, 0.2) is 5.69 Å². The van der Waals surface area contributed by atoms with Crippen molar-refractivity contribution in [1.82, 2.24) is 19.7 Å². The lowest BCUT2D eigenvalue weighted by Crippen LogP contribution is -2.04. The van der Waals surface area contributed by atoms with Crippen LogP contribution < -0.4 is 0 Å². The van der Waals surface area contributed by atoms with Crippen LogP contribution in [-0.4, -0.2) is 19.7 Å². The Balaban J connectivity index is 1.90. The van der Waals surface area contributed by atoms with E-state index in [1.807, 2.05) is 0 Å². The van der Waals surface area contributed by atoms with Crippen molar-refractivity contribution in [3.63, 3.8) is 0 Å². The van der Waals surface area contributed by atoms with Crippen LogP contribution in [0.15, 0.2) is 34.2 Å². The minimum atomic E-state index is -4.37. The molecule has 0 aliphatic carbocycles. The zero-order valence-corrected chi connectivity index (χ0v) is 10.4. The van der Waals surface area contributed by atoms with E-state index in [4.69, 9.17) is 4.52 Å². The predicted molar refractivity (Wildman–Crippen MR) is 63.6 cm³/mol. The summed E-state index contributed by atoms with van der Waals surface area (Å²) in [4.78, 5) is 4.06. The Morgan fingerprint density at radius 2 is 1.85 bits per heavy atom. The predicted octanol–water partition coefficient (Wildman–Crippen LogP) is 3.27. The van der Waals surface area contributed by atoms with Crippen molar-refractivity contribution in [2.24, 2.45) is 0 Å². The molecule has 0 N–H and O–H groups in total. The first-order valence-corrected chi connectivity index (χ1v) is 6.16. The van der Waals surface area contributed by atoms with E-state index in [2.05, 4.69) is 19.7 Å². The van der Waals surface area contributed by atoms with Crippen LogP contribution in [0.4, 0.5) is 13.2 Å². The van der Waals surface area contributed by atoms with E-state index in [1.165, 1.54) is 12.1 Å². The molecule has 102 valence electrons. The molecule has 0 amide bonds. The van der Waals surface area contributed by atoms with Gasteiger partial charge >= 0.3 is 6.18 Å². The van der Waals surface area contributed by atoms with Crippen molar-refractivity contribution >= 4 is 11.5 Å². The van der Waals surface area contributed by atoms with Gasteiger partial charge in [-0.15, -0.1) is 5.10 Å². The molecule has 0 aliphatic heterocycles. The SMILES string of the molecule is FC(F)(F)c1ccc(-c2noc(-c3csnn3)n2)cc1. The number of rotatable bonds is 2. The molecule has 0 aliphatic rings. The first kappa shape index (κ1) is 12.7. The highest BCUT2D eigenvalue weighted by atomic mass is 32.1. The van der Waals surface area contributed by atoms with E-state index in [9.17, 15) is 13.2 Å². The van der Waals surface area contributed by atoms with Crippen LogP contribution in [-0.2, 0) is 6.18 Å². The summed E-state index contributed by atoms with van der Waals surface area (Å²) in [6.07, 6.45) is -4.37. The summed E-state index contributed by atoms with van der Waals surface area (Å²) >= 11 is 1.13. The largest absolute Gasteiger partial charge is 0.416 e. The number of aromatic nitrogens is 4. The second-order valence-electron chi connectivity index (χ2n) is 3.79. The summed E-state index contributed by atoms with van der Waals surface area (Å²) < 4.78 is 46.0. The minimum Gasteiger partial charge on any atom is -0.332 e. The fraction of sp³-hybridized carbons (Fsp3) is 0.0909. The number of halogens is 3. The molecule has 2 heterocycles. The molecule has 2 aromatic heterocycles. The lowest BCUT2D eigenvalue weighted by Gasteiger charge is -2.05. The van der Waals surface area contributed by atoms with Crippen molar-refractivity contribution in [2.45, 2.75) is 6.18 Å². The van der Waals surface area contributed by atoms with Gasteiger partial charge < -0.3 is 4.52 Å². The molecule has 3 aromatic rings. The second-order valence-corrected chi connectivity index (χ2v) is 4.40. The van der Waals surface area contributed by atoms with Crippen LogP contribution in [0.5, 0.6) is 0 Å². The highest BCUT2D eigenvalue weighted by Gasteiger charge is 2.30. The average molecular weight is 298 g/mol. The molecule has 5 nitrogen and oxygen atoms in total. The van der Waals surface area contributed by atoms with Gasteiger partial charge in [-0.25, -0.2) is 0 Å². The van der Waals surface area contributed by atoms with Gasteiger partial charge in [-0.1, -0.05) is 21.8 Å². The Morgan fingerprint density at radius 3 is 2.45 bits per heavy atom. The molecule has 0 saturated carbocycles. The third kappa shape index (κ3) is 2.39. The van der Waals surface area contributed by atoms with Crippen LogP contribution >= 0.6 is 11.5 Å². The number of hydrogen-bond donors (Lipinski definition) is 0. The fourth-order valence-corrected chi connectivity index (χ4v) is 1.94. The van der Waals surface area contributed by atoms with Crippen molar-refractivity contribution in [1.29, 1.82) is 0 Å². The number of nitrogens with zero attached hydrogens (tertiary/aromatic N) is 4. The van der Waals surface area contributed by atoms with E-state index in [0.29, 0.717) is 11.3 Å². The molecule has 0 unspecified atom stereocenters. The standard InChI is InChI=1S/C11H5F3N4OS/c12-11(13,14)7-3-1-6(2-4-7)9-15-10(19-17-9)8-5-20-18-16-8/h1-5H. The molecule has 0 radical (unpaired) electrons. The molecule has 0 saturated heterocycles. The van der Waals surface area contributed by atoms with Gasteiger partial charge in [0.2, 0.25) is 5.82 Å². The highest BCUT2D eigenvalue weighted by molar-refractivity contribution is 7.03. The molecular formula is C11H5F3N4OS. The molecule has 20 heavy (non-hydrogen) atoms. The normalized spacial score (nSPS) is 11.8. The van der Waals surface area contributed by atoms with Crippen LogP contribution in [0.2, 0.25) is 0 Å². The van der Waals surface area contributed by atoms with Crippen molar-refractivity contribution in [2.75, 3.05) is 0 Å². The average Bonchev–Trinajstić information content (AvgIpc) is 3.09. The molecular weight excluding hydrogens is 293 g/mol. The van der Waals surface area contributed by atoms with Crippen molar-refractivity contribution in [3.05, 3.63) is 35.2 Å². The molecule has 0 fully saturated rings. The van der Waals surface area contributed by atoms with E-state index in [1.54, 1.807) is 5.38 Å². The Morgan fingerprint density at radius 1 is 1.10 bits per heavy atom. The van der Waals surface area contributed by atoms with Crippen molar-refractivity contribution < 1.29 is 17.7 Å². The number of hydrogen-bond acceptors (Lipinski definition) is 6. The zero-order valence-electron chi connectivity index (χ0n) is 9.63. The number of benzene rings is 1. The van der Waals surface area contributed by atoms with Gasteiger partial charge in [0, 0.05) is 10.9 Å². The first-order valence-electron chi connectivity index (χ1n) is 5.33. The van der Waals surface area contributed by atoms with E-state index in [0.717, 1.165) is 23.7 Å². The summed E-state index contributed by atoms with van der Waals surface area (Å²) in [5.74, 6) is 0.371.